The Bertz CT molecular complexity index is 283. The molecule has 3 N–H and O–H groups in total. The first-order valence-electron chi connectivity index (χ1n) is 4.93. The van der Waals surface area contributed by atoms with Gasteiger partial charge in [-0.05, 0) is 7.05 Å². The van der Waals surface area contributed by atoms with Crippen LogP contribution in [-0.2, 0) is 4.79 Å². The van der Waals surface area contributed by atoms with Crippen LogP contribution in [0.25, 0.3) is 0 Å². The number of nitrogens with one attached hydrogen (secondary N) is 1. The predicted octanol–water partition coefficient (Wildman–Crippen LogP) is 0.519. The summed E-state index contributed by atoms with van der Waals surface area (Å²) in [4.78, 5) is 11.7. The van der Waals surface area contributed by atoms with Crippen molar-refractivity contribution in [3.8, 4) is 0 Å². The van der Waals surface area contributed by atoms with E-state index < -0.39 is 17.1 Å². The fourth-order valence-electron chi connectivity index (χ4n) is 1.18. The highest BCUT2D eigenvalue weighted by atomic mass is 32.1. The SMILES string of the molecule is CNC(=O)CCN(C)CC(C(N)=S)C(F)(F)F. The summed E-state index contributed by atoms with van der Waals surface area (Å²) >= 11 is 4.39. The van der Waals surface area contributed by atoms with Gasteiger partial charge < -0.3 is 16.0 Å². The number of nitrogens with zero attached hydrogens (tertiary/aromatic N) is 1. The van der Waals surface area contributed by atoms with Gasteiger partial charge in [-0.15, -0.1) is 0 Å². The zero-order chi connectivity index (χ0) is 13.6. The van der Waals surface area contributed by atoms with Crippen LogP contribution in [0.3, 0.4) is 0 Å². The van der Waals surface area contributed by atoms with Crippen molar-refractivity contribution in [3.63, 3.8) is 0 Å². The summed E-state index contributed by atoms with van der Waals surface area (Å²) in [6.07, 6.45) is -4.32. The smallest absolute Gasteiger partial charge is 0.393 e. The molecule has 1 amide bonds. The van der Waals surface area contributed by atoms with Crippen molar-refractivity contribution >= 4 is 23.1 Å². The van der Waals surface area contributed by atoms with Crippen LogP contribution in [0, 0.1) is 5.92 Å². The van der Waals surface area contributed by atoms with Gasteiger partial charge in [0.2, 0.25) is 5.91 Å². The second-order valence-electron chi connectivity index (χ2n) is 3.68. The lowest BCUT2D eigenvalue weighted by Gasteiger charge is -2.24. The summed E-state index contributed by atoms with van der Waals surface area (Å²) in [6.45, 7) is -0.120. The van der Waals surface area contributed by atoms with Crippen LogP contribution in [0.1, 0.15) is 6.42 Å². The molecule has 0 radical (unpaired) electrons. The second kappa shape index (κ2) is 6.75. The van der Waals surface area contributed by atoms with E-state index in [-0.39, 0.29) is 25.4 Å². The van der Waals surface area contributed by atoms with Gasteiger partial charge in [0.05, 0.1) is 4.99 Å². The highest BCUT2D eigenvalue weighted by Crippen LogP contribution is 2.27. The molecular formula is C9H16F3N3OS. The van der Waals surface area contributed by atoms with Crippen molar-refractivity contribution in [2.45, 2.75) is 12.6 Å². The Morgan fingerprint density at radius 3 is 2.41 bits per heavy atom. The third-order valence-electron chi connectivity index (χ3n) is 2.23. The van der Waals surface area contributed by atoms with Gasteiger partial charge >= 0.3 is 6.18 Å². The predicted molar refractivity (Wildman–Crippen MR) is 62.5 cm³/mol. The molecule has 0 aromatic rings. The highest BCUT2D eigenvalue weighted by molar-refractivity contribution is 7.80. The minimum Gasteiger partial charge on any atom is -0.393 e. The molecule has 17 heavy (non-hydrogen) atoms. The van der Waals surface area contributed by atoms with Gasteiger partial charge in [-0.25, -0.2) is 0 Å². The van der Waals surface area contributed by atoms with Gasteiger partial charge in [0.15, 0.2) is 0 Å². The molecule has 0 aromatic carbocycles. The van der Waals surface area contributed by atoms with E-state index >= 15 is 0 Å². The highest BCUT2D eigenvalue weighted by Gasteiger charge is 2.42. The molecule has 0 rings (SSSR count). The van der Waals surface area contributed by atoms with Crippen LogP contribution in [-0.4, -0.2) is 49.2 Å². The van der Waals surface area contributed by atoms with Crippen LogP contribution in [0.15, 0.2) is 0 Å². The molecule has 0 aliphatic rings. The third-order valence-corrected chi connectivity index (χ3v) is 2.52. The normalized spacial score (nSPS) is 13.5. The third kappa shape index (κ3) is 6.42. The van der Waals surface area contributed by atoms with Gasteiger partial charge in [-0.3, -0.25) is 4.79 Å². The molecule has 1 unspecified atom stereocenters. The lowest BCUT2D eigenvalue weighted by atomic mass is 10.1. The zero-order valence-corrected chi connectivity index (χ0v) is 10.5. The van der Waals surface area contributed by atoms with Gasteiger partial charge in [0.25, 0.3) is 0 Å². The fourth-order valence-corrected chi connectivity index (χ4v) is 1.38. The number of thiocarbonyl (C=S) groups is 1. The Morgan fingerprint density at radius 2 is 2.06 bits per heavy atom. The molecule has 0 fully saturated rings. The number of amides is 1. The lowest BCUT2D eigenvalue weighted by molar-refractivity contribution is -0.158. The van der Waals surface area contributed by atoms with Crippen molar-refractivity contribution in [3.05, 3.63) is 0 Å². The standard InChI is InChI=1S/C9H16F3N3OS/c1-14-7(16)3-4-15(2)5-6(8(13)17)9(10,11)12/h6H,3-5H2,1-2H3,(H2,13,17)(H,14,16). The second-order valence-corrected chi connectivity index (χ2v) is 4.15. The molecule has 0 aliphatic heterocycles. The average molecular weight is 271 g/mol. The molecule has 0 heterocycles. The van der Waals surface area contributed by atoms with E-state index in [2.05, 4.69) is 17.5 Å². The number of hydrogen-bond acceptors (Lipinski definition) is 3. The fraction of sp³-hybridized carbons (Fsp3) is 0.778. The van der Waals surface area contributed by atoms with E-state index in [1.807, 2.05) is 0 Å². The van der Waals surface area contributed by atoms with Crippen molar-refractivity contribution in [2.24, 2.45) is 11.7 Å². The number of carbonyl (C=O) groups is 1. The molecule has 4 nitrogen and oxygen atoms in total. The first-order chi connectivity index (χ1) is 7.68. The lowest BCUT2D eigenvalue weighted by Crippen LogP contribution is -2.43. The number of rotatable bonds is 6. The van der Waals surface area contributed by atoms with Crippen molar-refractivity contribution in [1.29, 1.82) is 0 Å². The van der Waals surface area contributed by atoms with Crippen LogP contribution in [0.2, 0.25) is 0 Å². The van der Waals surface area contributed by atoms with E-state index in [9.17, 15) is 18.0 Å². The van der Waals surface area contributed by atoms with Crippen LogP contribution >= 0.6 is 12.2 Å². The zero-order valence-electron chi connectivity index (χ0n) is 9.67. The van der Waals surface area contributed by atoms with E-state index in [4.69, 9.17) is 5.73 Å². The first kappa shape index (κ1) is 16.1. The summed E-state index contributed by atoms with van der Waals surface area (Å²) in [5, 5.41) is 2.39. The van der Waals surface area contributed by atoms with Gasteiger partial charge in [-0.1, -0.05) is 12.2 Å². The van der Waals surface area contributed by atoms with E-state index in [1.165, 1.54) is 19.0 Å². The Morgan fingerprint density at radius 1 is 1.53 bits per heavy atom. The quantitative estimate of drug-likeness (QED) is 0.692. The maximum absolute atomic E-state index is 12.5. The average Bonchev–Trinajstić information content (AvgIpc) is 2.20. The molecule has 0 saturated heterocycles. The number of hydrogen-bond donors (Lipinski definition) is 2. The Labute approximate surface area is 103 Å². The van der Waals surface area contributed by atoms with Crippen molar-refractivity contribution in [2.75, 3.05) is 27.2 Å². The van der Waals surface area contributed by atoms with Crippen LogP contribution in [0.5, 0.6) is 0 Å². The molecule has 1 atom stereocenters. The van der Waals surface area contributed by atoms with Gasteiger partial charge in [0, 0.05) is 26.6 Å². The molecule has 100 valence electrons. The minimum atomic E-state index is -4.45. The molecule has 0 spiro atoms. The topological polar surface area (TPSA) is 58.4 Å². The van der Waals surface area contributed by atoms with Crippen LogP contribution in [0.4, 0.5) is 13.2 Å². The molecule has 0 saturated carbocycles. The Hall–Kier alpha value is -0.890. The monoisotopic (exact) mass is 271 g/mol. The molecular weight excluding hydrogens is 255 g/mol. The number of alkyl halides is 3. The largest absolute Gasteiger partial charge is 0.399 e. The van der Waals surface area contributed by atoms with Crippen LogP contribution < -0.4 is 11.1 Å². The Kier molecular flexibility index (Phi) is 6.40. The summed E-state index contributed by atoms with van der Waals surface area (Å²) in [7, 11) is 2.95. The molecule has 0 bridgehead atoms. The summed E-state index contributed by atoms with van der Waals surface area (Å²) < 4.78 is 37.6. The Balaban J connectivity index is 4.28. The molecule has 0 aliphatic carbocycles. The van der Waals surface area contributed by atoms with E-state index in [0.29, 0.717) is 0 Å². The summed E-state index contributed by atoms with van der Waals surface area (Å²) in [6, 6.07) is 0. The number of halogens is 3. The number of nitrogens with two attached hydrogens (primary N) is 1. The van der Waals surface area contributed by atoms with Gasteiger partial charge in [0.1, 0.15) is 5.92 Å². The van der Waals surface area contributed by atoms with E-state index in [1.54, 1.807) is 0 Å². The van der Waals surface area contributed by atoms with E-state index in [0.717, 1.165) is 0 Å². The molecule has 0 aromatic heterocycles. The van der Waals surface area contributed by atoms with Crippen molar-refractivity contribution in [1.82, 2.24) is 10.2 Å². The first-order valence-corrected chi connectivity index (χ1v) is 5.34. The van der Waals surface area contributed by atoms with Crippen molar-refractivity contribution < 1.29 is 18.0 Å². The van der Waals surface area contributed by atoms with Gasteiger partial charge in [-0.2, -0.15) is 13.2 Å². The maximum atomic E-state index is 12.5. The minimum absolute atomic E-state index is 0.134. The molecule has 8 heteroatoms. The summed E-state index contributed by atoms with van der Waals surface area (Å²) in [5.41, 5.74) is 5.06. The summed E-state index contributed by atoms with van der Waals surface area (Å²) in [5.74, 6) is -2.07. The maximum Gasteiger partial charge on any atom is 0.399 e. The number of carbonyl (C=O) groups excluding carboxylic acids is 1.